The van der Waals surface area contributed by atoms with Crippen molar-refractivity contribution in [2.75, 3.05) is 5.32 Å². The molecule has 1 saturated carbocycles. The Morgan fingerprint density at radius 1 is 1.00 bits per heavy atom. The first kappa shape index (κ1) is 20.8. The Balaban J connectivity index is 1.79. The summed E-state index contributed by atoms with van der Waals surface area (Å²) in [5.74, 6) is -1.29. The highest BCUT2D eigenvalue weighted by Crippen LogP contribution is 2.75. The fourth-order valence-corrected chi connectivity index (χ4v) is 4.74. The maximum Gasteiger partial charge on any atom is 0.246 e. The van der Waals surface area contributed by atoms with Crippen LogP contribution < -0.4 is 5.32 Å². The topological polar surface area (TPSA) is 70.0 Å². The largest absolute Gasteiger partial charge is 0.325 e. The zero-order valence-corrected chi connectivity index (χ0v) is 18.0. The van der Waals surface area contributed by atoms with Crippen LogP contribution in [0, 0.1) is 29.1 Å². The molecule has 3 aromatic carbocycles. The van der Waals surface area contributed by atoms with E-state index >= 15 is 0 Å². The van der Waals surface area contributed by atoms with E-state index in [1.165, 1.54) is 0 Å². The molecule has 4 nitrogen and oxygen atoms in total. The van der Waals surface area contributed by atoms with E-state index in [1.54, 1.807) is 37.3 Å². The van der Waals surface area contributed by atoms with Crippen molar-refractivity contribution in [1.82, 2.24) is 0 Å². The number of hydrogen-bond donors (Lipinski definition) is 1. The summed E-state index contributed by atoms with van der Waals surface area (Å²) in [4.78, 5) is 27.2. The van der Waals surface area contributed by atoms with Gasteiger partial charge < -0.3 is 5.32 Å². The summed E-state index contributed by atoms with van der Waals surface area (Å²) in [6, 6.07) is 25.4. The molecule has 1 aliphatic carbocycles. The number of halogens is 1. The van der Waals surface area contributed by atoms with Gasteiger partial charge in [-0.15, -0.1) is 0 Å². The van der Waals surface area contributed by atoms with Gasteiger partial charge in [-0.2, -0.15) is 5.26 Å². The minimum atomic E-state index is -1.53. The van der Waals surface area contributed by atoms with E-state index in [-0.39, 0.29) is 5.78 Å². The lowest BCUT2D eigenvalue weighted by Gasteiger charge is -2.16. The molecule has 31 heavy (non-hydrogen) atoms. The number of benzene rings is 3. The number of rotatable bonds is 5. The van der Waals surface area contributed by atoms with Crippen LogP contribution in [-0.2, 0) is 4.79 Å². The third kappa shape index (κ3) is 3.22. The van der Waals surface area contributed by atoms with E-state index in [4.69, 9.17) is 11.6 Å². The first-order chi connectivity index (χ1) is 14.8. The molecular formula is C26H21ClN2O2. The van der Waals surface area contributed by atoms with E-state index in [0.29, 0.717) is 16.3 Å². The lowest BCUT2D eigenvalue weighted by molar-refractivity contribution is -0.120. The molecule has 1 fully saturated rings. The van der Waals surface area contributed by atoms with Gasteiger partial charge in [-0.25, -0.2) is 0 Å². The first-order valence-corrected chi connectivity index (χ1v) is 10.4. The van der Waals surface area contributed by atoms with Gasteiger partial charge in [0.05, 0.1) is 11.5 Å². The maximum absolute atomic E-state index is 13.6. The van der Waals surface area contributed by atoms with E-state index in [2.05, 4.69) is 11.4 Å². The Morgan fingerprint density at radius 2 is 1.68 bits per heavy atom. The standard InChI is InChI=1S/C26H21ClN2O2/c1-17-7-6-10-21(15-17)29-24(31)26(16-28)22(18-8-4-3-5-9-18)25(26,2)23(30)19-11-13-20(27)14-12-19/h3-15,22H,1-2H3,(H,29,31)/t22-,25-,26-/m0/s1. The summed E-state index contributed by atoms with van der Waals surface area (Å²) in [6.07, 6.45) is 0. The van der Waals surface area contributed by atoms with Crippen LogP contribution in [-0.4, -0.2) is 11.7 Å². The zero-order valence-electron chi connectivity index (χ0n) is 17.2. The highest BCUT2D eigenvalue weighted by Gasteiger charge is 2.82. The molecule has 1 N–H and O–H groups in total. The van der Waals surface area contributed by atoms with Gasteiger partial charge in [0.15, 0.2) is 11.2 Å². The summed E-state index contributed by atoms with van der Waals surface area (Å²) < 4.78 is 0. The van der Waals surface area contributed by atoms with Gasteiger partial charge in [0.2, 0.25) is 5.91 Å². The van der Waals surface area contributed by atoms with Crippen LogP contribution in [0.2, 0.25) is 5.02 Å². The third-order valence-electron chi connectivity index (χ3n) is 6.27. The minimum absolute atomic E-state index is 0.251. The molecule has 0 unspecified atom stereocenters. The molecule has 0 heterocycles. The predicted molar refractivity (Wildman–Crippen MR) is 121 cm³/mol. The molecule has 1 amide bonds. The first-order valence-electron chi connectivity index (χ1n) is 9.99. The molecular weight excluding hydrogens is 408 g/mol. The van der Waals surface area contributed by atoms with Gasteiger partial charge in [0, 0.05) is 22.2 Å². The summed E-state index contributed by atoms with van der Waals surface area (Å²) in [5, 5.41) is 13.7. The van der Waals surface area contributed by atoms with E-state index in [9.17, 15) is 14.9 Å². The third-order valence-corrected chi connectivity index (χ3v) is 6.52. The summed E-state index contributed by atoms with van der Waals surface area (Å²) in [5.41, 5.74) is 0.0417. The molecule has 154 valence electrons. The van der Waals surface area contributed by atoms with Gasteiger partial charge in [0.1, 0.15) is 0 Å². The van der Waals surface area contributed by atoms with Crippen molar-refractivity contribution < 1.29 is 9.59 Å². The average molecular weight is 429 g/mol. The summed E-state index contributed by atoms with van der Waals surface area (Å²) >= 11 is 5.98. The molecule has 3 aromatic rings. The van der Waals surface area contributed by atoms with E-state index < -0.39 is 22.7 Å². The zero-order chi connectivity index (χ0) is 22.2. The molecule has 5 heteroatoms. The molecule has 0 spiro atoms. The van der Waals surface area contributed by atoms with Gasteiger partial charge >= 0.3 is 0 Å². The molecule has 3 atom stereocenters. The Bertz CT molecular complexity index is 1200. The second kappa shape index (κ2) is 7.68. The maximum atomic E-state index is 13.6. The number of nitriles is 1. The molecule has 0 aliphatic heterocycles. The number of amides is 1. The average Bonchev–Trinajstić information content (AvgIpc) is 3.35. The fraction of sp³-hybridized carbons (Fsp3) is 0.192. The van der Waals surface area contributed by atoms with Gasteiger partial charge in [0.25, 0.3) is 0 Å². The smallest absolute Gasteiger partial charge is 0.246 e. The molecule has 1 aliphatic rings. The van der Waals surface area contributed by atoms with Gasteiger partial charge in [-0.1, -0.05) is 54.1 Å². The minimum Gasteiger partial charge on any atom is -0.325 e. The molecule has 0 bridgehead atoms. The van der Waals surface area contributed by atoms with Crippen LogP contribution >= 0.6 is 11.6 Å². The fourth-order valence-electron chi connectivity index (χ4n) is 4.61. The molecule has 0 radical (unpaired) electrons. The number of anilines is 1. The number of ketones is 1. The highest BCUT2D eigenvalue weighted by atomic mass is 35.5. The number of hydrogen-bond acceptors (Lipinski definition) is 3. The monoisotopic (exact) mass is 428 g/mol. The van der Waals surface area contributed by atoms with Crippen molar-refractivity contribution in [3.05, 3.63) is 101 Å². The van der Waals surface area contributed by atoms with Crippen LogP contribution in [0.3, 0.4) is 0 Å². The van der Waals surface area contributed by atoms with Crippen LogP contribution in [0.4, 0.5) is 5.69 Å². The number of Topliss-reactive ketones (excluding diaryl/α,β-unsaturated/α-hetero) is 1. The van der Waals surface area contributed by atoms with Crippen molar-refractivity contribution >= 4 is 29.0 Å². The number of nitrogens with one attached hydrogen (secondary N) is 1. The molecule has 0 saturated heterocycles. The van der Waals surface area contributed by atoms with Crippen LogP contribution in [0.25, 0.3) is 0 Å². The second-order valence-electron chi connectivity index (χ2n) is 8.13. The summed E-state index contributed by atoms with van der Waals surface area (Å²) in [6.45, 7) is 3.63. The van der Waals surface area contributed by atoms with Crippen molar-refractivity contribution in [2.24, 2.45) is 10.8 Å². The van der Waals surface area contributed by atoms with Crippen molar-refractivity contribution in [2.45, 2.75) is 19.8 Å². The second-order valence-corrected chi connectivity index (χ2v) is 8.56. The Morgan fingerprint density at radius 3 is 2.29 bits per heavy atom. The van der Waals surface area contributed by atoms with Gasteiger partial charge in [-0.3, -0.25) is 9.59 Å². The van der Waals surface area contributed by atoms with Crippen LogP contribution in [0.15, 0.2) is 78.9 Å². The predicted octanol–water partition coefficient (Wildman–Crippen LogP) is 5.78. The quantitative estimate of drug-likeness (QED) is 0.523. The number of aryl methyl sites for hydroxylation is 1. The van der Waals surface area contributed by atoms with Crippen LogP contribution in [0.5, 0.6) is 0 Å². The SMILES string of the molecule is Cc1cccc(NC(=O)[C@]2(C#N)[C@@H](c3ccccc3)[C@@]2(C)C(=O)c2ccc(Cl)cc2)c1. The normalized spacial score (nSPS) is 24.1. The van der Waals surface area contributed by atoms with Crippen molar-refractivity contribution in [3.63, 3.8) is 0 Å². The van der Waals surface area contributed by atoms with Gasteiger partial charge in [-0.05, 0) is 61.4 Å². The highest BCUT2D eigenvalue weighted by molar-refractivity contribution is 6.30. The Hall–Kier alpha value is -3.42. The van der Waals surface area contributed by atoms with Crippen LogP contribution in [0.1, 0.15) is 34.3 Å². The van der Waals surface area contributed by atoms with E-state index in [1.807, 2.05) is 55.5 Å². The number of carbonyl (C=O) groups is 2. The van der Waals surface area contributed by atoms with E-state index in [0.717, 1.165) is 11.1 Å². The number of carbonyl (C=O) groups excluding carboxylic acids is 2. The molecule has 0 aromatic heterocycles. The lowest BCUT2D eigenvalue weighted by atomic mass is 9.87. The number of nitrogens with zero attached hydrogens (tertiary/aromatic N) is 1. The lowest BCUT2D eigenvalue weighted by Crippen LogP contribution is -2.31. The Kier molecular flexibility index (Phi) is 5.16. The summed E-state index contributed by atoms with van der Waals surface area (Å²) in [7, 11) is 0. The van der Waals surface area contributed by atoms with Crippen molar-refractivity contribution in [1.29, 1.82) is 5.26 Å². The Labute approximate surface area is 186 Å². The van der Waals surface area contributed by atoms with Crippen molar-refractivity contribution in [3.8, 4) is 6.07 Å². The molecule has 4 rings (SSSR count).